The quantitative estimate of drug-likeness (QED) is 0.0657. The van der Waals surface area contributed by atoms with E-state index in [1.807, 2.05) is 0 Å². The molecule has 0 saturated carbocycles. The van der Waals surface area contributed by atoms with Gasteiger partial charge >= 0.3 is 15.6 Å². The van der Waals surface area contributed by atoms with Gasteiger partial charge in [-0.15, -0.1) is 0 Å². The fourth-order valence-corrected chi connectivity index (χ4v) is 7.61. The van der Waals surface area contributed by atoms with Crippen molar-refractivity contribution in [3.05, 3.63) is 42.2 Å². The van der Waals surface area contributed by atoms with E-state index < -0.39 is 89.8 Å². The number of phosphoric ester groups is 2. The highest BCUT2D eigenvalue weighted by atomic mass is 31.3. The van der Waals surface area contributed by atoms with Gasteiger partial charge < -0.3 is 51.2 Å². The molecule has 2 unspecified atom stereocenters. The highest BCUT2D eigenvalue weighted by Crippen LogP contribution is 2.60. The van der Waals surface area contributed by atoms with E-state index in [0.29, 0.717) is 5.56 Å². The second-order valence-electron chi connectivity index (χ2n) is 11.5. The van der Waals surface area contributed by atoms with E-state index in [-0.39, 0.29) is 34.7 Å². The van der Waals surface area contributed by atoms with Crippen molar-refractivity contribution in [1.82, 2.24) is 19.5 Å². The zero-order valence-electron chi connectivity index (χ0n) is 26.3. The van der Waals surface area contributed by atoms with E-state index in [2.05, 4.69) is 19.3 Å². The monoisotopic (exact) mass is 748 g/mol. The number of nitrogen functional groups attached to an aromatic ring is 1. The Bertz CT molecular complexity index is 1850. The number of Topliss-reactive ketones (excluding diaryl/α,β-unsaturated/α-hetero) is 1. The molecule has 0 radical (unpaired) electrons. The summed E-state index contributed by atoms with van der Waals surface area (Å²) in [7, 11) is -10.8. The van der Waals surface area contributed by atoms with Crippen LogP contribution in [0.1, 0.15) is 54.6 Å². The summed E-state index contributed by atoms with van der Waals surface area (Å²) in [5.74, 6) is -1.64. The number of anilines is 1. The van der Waals surface area contributed by atoms with Crippen LogP contribution in [0.2, 0.25) is 0 Å². The number of phosphoric acid groups is 2. The second-order valence-corrected chi connectivity index (χ2v) is 14.5. The fraction of sp³-hybridized carbons (Fsp3) is 0.538. The van der Waals surface area contributed by atoms with Crippen molar-refractivity contribution in [1.29, 1.82) is 0 Å². The van der Waals surface area contributed by atoms with Crippen LogP contribution in [0.15, 0.2) is 31.1 Å². The number of carbonyl (C=O) groups excluding carboxylic acids is 2. The lowest BCUT2D eigenvalue weighted by molar-refractivity contribution is -0.765. The van der Waals surface area contributed by atoms with Crippen molar-refractivity contribution >= 4 is 44.3 Å². The minimum atomic E-state index is -5.43. The molecule has 2 fully saturated rings. The molecule has 3 aromatic rings. The molecule has 0 aromatic carbocycles. The first-order chi connectivity index (χ1) is 23.4. The van der Waals surface area contributed by atoms with Crippen LogP contribution in [0, 0.1) is 0 Å². The molecule has 274 valence electrons. The maximum atomic E-state index is 12.6. The van der Waals surface area contributed by atoms with Gasteiger partial charge in [0.2, 0.25) is 0 Å². The number of fused-ring (bicyclic) bond motifs is 1. The van der Waals surface area contributed by atoms with Crippen LogP contribution >= 0.6 is 15.6 Å². The smallest absolute Gasteiger partial charge is 0.387 e. The average Bonchev–Trinajstić information content (AvgIpc) is 3.71. The SMILES string of the molecule is CCC(=O)[C@@H](C)c1cc[n+]([C@@H]2O[C@H](COP(=O)(O)OP(=O)(O)OC[C@H]3O[C@@H](n4cnc5c(N)ncnc54)[C@H](O)[C@@H]3O)[C@@H](O)[C@H]2O)cc1C(N)=O. The minimum absolute atomic E-state index is 0.0418. The van der Waals surface area contributed by atoms with Crippen molar-refractivity contribution < 1.29 is 76.3 Å². The number of imidazole rings is 1. The first kappa shape index (κ1) is 37.9. The molecule has 2 aliphatic heterocycles. The van der Waals surface area contributed by atoms with Gasteiger partial charge in [-0.3, -0.25) is 23.2 Å². The van der Waals surface area contributed by atoms with Gasteiger partial charge in [0, 0.05) is 18.4 Å². The van der Waals surface area contributed by atoms with Crippen LogP contribution < -0.4 is 16.0 Å². The molecule has 50 heavy (non-hydrogen) atoms. The Kier molecular flexibility index (Phi) is 11.2. The molecule has 5 rings (SSSR count). The standard InChI is InChI=1S/C26H35N7O15P2/c1-3-14(34)11(2)12-4-5-32(6-13(12)23(28)39)25-20(37)18(35)15(46-25)7-44-49(40,41)48-50(42,43)45-8-16-19(36)21(38)26(47-16)33-10-31-17-22(27)29-9-30-24(17)33/h4-6,9-11,15-16,18-21,25-26,35-38H,3,7-8H2,1-2H3,(H5-,27,28,29,30,39,40,41,42,43)/p+1/t11-,15+,16+,18+,19+,20+,21+,25+,26+/m0/s1. The van der Waals surface area contributed by atoms with Crippen LogP contribution in [0.25, 0.3) is 11.2 Å². The molecule has 3 aromatic heterocycles. The highest BCUT2D eigenvalue weighted by Gasteiger charge is 2.50. The largest absolute Gasteiger partial charge is 0.481 e. The van der Waals surface area contributed by atoms with Gasteiger partial charge in [0.1, 0.15) is 53.7 Å². The third kappa shape index (κ3) is 7.77. The van der Waals surface area contributed by atoms with E-state index in [1.54, 1.807) is 13.8 Å². The number of primary amides is 1. The Morgan fingerprint density at radius 3 is 2.24 bits per heavy atom. The molecule has 24 heteroatoms. The number of hydrogen-bond donors (Lipinski definition) is 8. The average molecular weight is 749 g/mol. The zero-order valence-corrected chi connectivity index (χ0v) is 28.1. The topological polar surface area (TPSA) is 335 Å². The zero-order chi connectivity index (χ0) is 36.7. The van der Waals surface area contributed by atoms with Gasteiger partial charge in [-0.1, -0.05) is 13.8 Å². The summed E-state index contributed by atoms with van der Waals surface area (Å²) in [5, 5.41) is 42.2. The number of nitrogens with zero attached hydrogens (tertiary/aromatic N) is 5. The molecule has 0 aliphatic carbocycles. The number of aromatic nitrogens is 5. The fourth-order valence-electron chi connectivity index (χ4n) is 5.52. The van der Waals surface area contributed by atoms with Crippen molar-refractivity contribution in [2.75, 3.05) is 18.9 Å². The molecule has 1 amide bonds. The normalized spacial score (nSPS) is 29.8. The number of carbonyl (C=O) groups is 2. The number of aliphatic hydroxyl groups excluding tert-OH is 4. The number of rotatable bonds is 14. The van der Waals surface area contributed by atoms with E-state index in [1.165, 1.54) is 33.9 Å². The number of pyridine rings is 1. The number of nitrogens with two attached hydrogens (primary N) is 2. The van der Waals surface area contributed by atoms with Crippen LogP contribution in [-0.2, 0) is 36.8 Å². The number of ketones is 1. The molecule has 10 N–H and O–H groups in total. The third-order valence-electron chi connectivity index (χ3n) is 8.22. The first-order valence-corrected chi connectivity index (χ1v) is 17.9. The highest BCUT2D eigenvalue weighted by molar-refractivity contribution is 7.61. The summed E-state index contributed by atoms with van der Waals surface area (Å²) in [6.07, 6.45) is -7.12. The Labute approximate surface area is 282 Å². The van der Waals surface area contributed by atoms with Crippen LogP contribution in [-0.4, -0.2) is 111 Å². The predicted molar refractivity (Wildman–Crippen MR) is 163 cm³/mol. The molecule has 0 spiro atoms. The van der Waals surface area contributed by atoms with Gasteiger partial charge in [-0.2, -0.15) is 8.88 Å². The Morgan fingerprint density at radius 2 is 1.62 bits per heavy atom. The van der Waals surface area contributed by atoms with E-state index >= 15 is 0 Å². The number of ether oxygens (including phenoxy) is 2. The molecule has 2 saturated heterocycles. The summed E-state index contributed by atoms with van der Waals surface area (Å²) in [6.45, 7) is 1.40. The molecule has 11 atom stereocenters. The van der Waals surface area contributed by atoms with Gasteiger partial charge in [0.15, 0.2) is 36.2 Å². The number of amides is 1. The van der Waals surface area contributed by atoms with Crippen molar-refractivity contribution in [3.8, 4) is 0 Å². The van der Waals surface area contributed by atoms with Crippen LogP contribution in [0.5, 0.6) is 0 Å². The molecule has 22 nitrogen and oxygen atoms in total. The third-order valence-corrected chi connectivity index (χ3v) is 10.8. The molecular weight excluding hydrogens is 712 g/mol. The molecule has 0 bridgehead atoms. The summed E-state index contributed by atoms with van der Waals surface area (Å²) < 4.78 is 52.5. The Hall–Kier alpha value is -3.34. The van der Waals surface area contributed by atoms with Gasteiger partial charge in [-0.25, -0.2) is 24.1 Å². The summed E-state index contributed by atoms with van der Waals surface area (Å²) in [4.78, 5) is 56.5. The Morgan fingerprint density at radius 1 is 1.00 bits per heavy atom. The minimum Gasteiger partial charge on any atom is -0.387 e. The van der Waals surface area contributed by atoms with Crippen molar-refractivity contribution in [3.63, 3.8) is 0 Å². The van der Waals surface area contributed by atoms with Gasteiger partial charge in [0.05, 0.1) is 19.5 Å². The summed E-state index contributed by atoms with van der Waals surface area (Å²) >= 11 is 0. The second kappa shape index (κ2) is 14.7. The van der Waals surface area contributed by atoms with Crippen LogP contribution in [0.4, 0.5) is 5.82 Å². The summed E-state index contributed by atoms with van der Waals surface area (Å²) in [5.41, 5.74) is 11.9. The van der Waals surface area contributed by atoms with Crippen molar-refractivity contribution in [2.45, 2.75) is 75.3 Å². The molecule has 5 heterocycles. The lowest BCUT2D eigenvalue weighted by atomic mass is 9.92. The Balaban J connectivity index is 1.18. The molecule has 2 aliphatic rings. The number of hydrogen-bond acceptors (Lipinski definition) is 17. The van der Waals surface area contributed by atoms with Gasteiger partial charge in [0.25, 0.3) is 12.1 Å². The van der Waals surface area contributed by atoms with Crippen LogP contribution in [0.3, 0.4) is 0 Å². The number of aliphatic hydroxyl groups is 4. The summed E-state index contributed by atoms with van der Waals surface area (Å²) in [6, 6.07) is 1.43. The van der Waals surface area contributed by atoms with E-state index in [0.717, 1.165) is 6.33 Å². The van der Waals surface area contributed by atoms with E-state index in [9.17, 15) is 48.9 Å². The lowest BCUT2D eigenvalue weighted by Crippen LogP contribution is -2.46. The maximum absolute atomic E-state index is 12.6. The predicted octanol–water partition coefficient (Wildman–Crippen LogP) is -1.93. The van der Waals surface area contributed by atoms with Gasteiger partial charge in [-0.05, 0) is 5.56 Å². The lowest BCUT2D eigenvalue weighted by Gasteiger charge is -2.20. The van der Waals surface area contributed by atoms with Crippen molar-refractivity contribution in [2.24, 2.45) is 5.73 Å². The molecular formula is C26H36N7O15P2+. The first-order valence-electron chi connectivity index (χ1n) is 14.9. The van der Waals surface area contributed by atoms with E-state index in [4.69, 9.17) is 30.0 Å². The maximum Gasteiger partial charge on any atom is 0.481 e.